The highest BCUT2D eigenvalue weighted by Crippen LogP contribution is 2.32. The third kappa shape index (κ3) is 4.19. The molecule has 0 saturated carbocycles. The van der Waals surface area contributed by atoms with Crippen LogP contribution in [0.1, 0.15) is 12.0 Å². The second kappa shape index (κ2) is 7.73. The highest BCUT2D eigenvalue weighted by molar-refractivity contribution is 14.1. The third-order valence-corrected chi connectivity index (χ3v) is 4.24. The molecule has 1 aromatic rings. The van der Waals surface area contributed by atoms with Crippen LogP contribution in [0.2, 0.25) is 0 Å². The Morgan fingerprint density at radius 3 is 2.83 bits per heavy atom. The summed E-state index contributed by atoms with van der Waals surface area (Å²) in [5.41, 5.74) is 0.236. The van der Waals surface area contributed by atoms with Crippen molar-refractivity contribution in [1.29, 1.82) is 0 Å². The van der Waals surface area contributed by atoms with E-state index in [4.69, 9.17) is 11.2 Å². The smallest absolute Gasteiger partial charge is 0.256 e. The van der Waals surface area contributed by atoms with E-state index in [-0.39, 0.29) is 23.6 Å². The SMILES string of the molecule is C#CCOc1ccc(C2=CCC(I)C(=O)N2CC(F)F)c(F)c1. The molecule has 1 aliphatic heterocycles. The van der Waals surface area contributed by atoms with Crippen molar-refractivity contribution >= 4 is 34.2 Å². The molecule has 0 aliphatic carbocycles. The number of nitrogens with zero attached hydrogens (tertiary/aromatic N) is 1. The maximum Gasteiger partial charge on any atom is 0.256 e. The van der Waals surface area contributed by atoms with E-state index in [1.807, 2.05) is 22.6 Å². The Labute approximate surface area is 145 Å². The molecule has 0 bridgehead atoms. The quantitative estimate of drug-likeness (QED) is 0.403. The van der Waals surface area contributed by atoms with Crippen molar-refractivity contribution in [3.05, 3.63) is 35.7 Å². The third-order valence-electron chi connectivity index (χ3n) is 3.20. The lowest BCUT2D eigenvalue weighted by atomic mass is 10.0. The Kier molecular flexibility index (Phi) is 5.93. The number of ether oxygens (including phenoxy) is 1. The Balaban J connectivity index is 2.34. The molecule has 1 atom stereocenters. The van der Waals surface area contributed by atoms with E-state index in [0.29, 0.717) is 6.42 Å². The van der Waals surface area contributed by atoms with Gasteiger partial charge in [-0.2, -0.15) is 0 Å². The molecule has 0 aromatic heterocycles. The lowest BCUT2D eigenvalue weighted by Crippen LogP contribution is -2.41. The summed E-state index contributed by atoms with van der Waals surface area (Å²) in [6.45, 7) is -0.771. The van der Waals surface area contributed by atoms with Gasteiger partial charge in [-0.05, 0) is 18.6 Å². The predicted molar refractivity (Wildman–Crippen MR) is 88.8 cm³/mol. The summed E-state index contributed by atoms with van der Waals surface area (Å²) in [5, 5.41) is 0. The minimum absolute atomic E-state index is 0.00596. The summed E-state index contributed by atoms with van der Waals surface area (Å²) in [7, 11) is 0. The fourth-order valence-corrected chi connectivity index (χ4v) is 2.80. The van der Waals surface area contributed by atoms with Gasteiger partial charge in [0.05, 0.1) is 16.2 Å². The van der Waals surface area contributed by atoms with Crippen molar-refractivity contribution in [2.24, 2.45) is 0 Å². The Hall–Kier alpha value is -1.69. The van der Waals surface area contributed by atoms with Crippen molar-refractivity contribution in [3.63, 3.8) is 0 Å². The van der Waals surface area contributed by atoms with Crippen molar-refractivity contribution in [3.8, 4) is 18.1 Å². The summed E-state index contributed by atoms with van der Waals surface area (Å²) >= 11 is 1.89. The number of carbonyl (C=O) groups is 1. The highest BCUT2D eigenvalue weighted by atomic mass is 127. The molecular weight excluding hydrogens is 422 g/mol. The molecule has 0 N–H and O–H groups in total. The zero-order valence-corrected chi connectivity index (χ0v) is 14.1. The second-order valence-electron chi connectivity index (χ2n) is 4.77. The first-order valence-electron chi connectivity index (χ1n) is 6.74. The maximum atomic E-state index is 14.3. The van der Waals surface area contributed by atoms with E-state index >= 15 is 0 Å². The molecule has 0 radical (unpaired) electrons. The number of rotatable bonds is 5. The monoisotopic (exact) mass is 435 g/mol. The lowest BCUT2D eigenvalue weighted by molar-refractivity contribution is -0.128. The molecule has 3 nitrogen and oxygen atoms in total. The fourth-order valence-electron chi connectivity index (χ4n) is 2.21. The molecule has 2 rings (SSSR count). The largest absolute Gasteiger partial charge is 0.481 e. The van der Waals surface area contributed by atoms with E-state index in [9.17, 15) is 18.0 Å². The Morgan fingerprint density at radius 2 is 2.22 bits per heavy atom. The van der Waals surface area contributed by atoms with Crippen LogP contribution in [0.3, 0.4) is 0 Å². The van der Waals surface area contributed by atoms with Gasteiger partial charge in [-0.3, -0.25) is 4.79 Å². The van der Waals surface area contributed by atoms with Crippen molar-refractivity contribution in [1.82, 2.24) is 4.90 Å². The summed E-state index contributed by atoms with van der Waals surface area (Å²) in [5.74, 6) is 1.38. The highest BCUT2D eigenvalue weighted by Gasteiger charge is 2.32. The first kappa shape index (κ1) is 17.7. The minimum Gasteiger partial charge on any atom is -0.481 e. The van der Waals surface area contributed by atoms with Crippen LogP contribution in [0.25, 0.3) is 5.70 Å². The summed E-state index contributed by atoms with van der Waals surface area (Å²) in [6.07, 6.45) is 4.32. The number of halogens is 4. The first-order valence-corrected chi connectivity index (χ1v) is 7.98. The Bertz CT molecular complexity index is 670. The zero-order chi connectivity index (χ0) is 17.0. The fraction of sp³-hybridized carbons (Fsp3) is 0.312. The van der Waals surface area contributed by atoms with Gasteiger partial charge >= 0.3 is 0 Å². The number of allylic oxidation sites excluding steroid dienone is 1. The van der Waals surface area contributed by atoms with Gasteiger partial charge in [-0.1, -0.05) is 34.6 Å². The molecular formula is C16H13F3INO2. The molecule has 7 heteroatoms. The number of hydrogen-bond acceptors (Lipinski definition) is 2. The summed E-state index contributed by atoms with van der Waals surface area (Å²) < 4.78 is 44.5. The topological polar surface area (TPSA) is 29.5 Å². The van der Waals surface area contributed by atoms with Crippen LogP contribution in [0.15, 0.2) is 24.3 Å². The molecule has 1 aliphatic rings. The van der Waals surface area contributed by atoms with Gasteiger partial charge in [-0.15, -0.1) is 6.42 Å². The molecule has 23 heavy (non-hydrogen) atoms. The molecule has 0 saturated heterocycles. The molecule has 0 fully saturated rings. The van der Waals surface area contributed by atoms with Crippen molar-refractivity contribution < 1.29 is 22.7 Å². The van der Waals surface area contributed by atoms with E-state index in [1.54, 1.807) is 6.08 Å². The van der Waals surface area contributed by atoms with Gasteiger partial charge in [0.25, 0.3) is 6.43 Å². The van der Waals surface area contributed by atoms with Crippen LogP contribution in [0.5, 0.6) is 5.75 Å². The minimum atomic E-state index is -2.70. The van der Waals surface area contributed by atoms with Gasteiger partial charge in [-0.25, -0.2) is 13.2 Å². The number of hydrogen-bond donors (Lipinski definition) is 0. The van der Waals surface area contributed by atoms with Gasteiger partial charge in [0.1, 0.15) is 18.2 Å². The number of alkyl halides is 3. The average molecular weight is 435 g/mol. The van der Waals surface area contributed by atoms with Gasteiger partial charge in [0, 0.05) is 11.6 Å². The van der Waals surface area contributed by atoms with Crippen molar-refractivity contribution in [2.75, 3.05) is 13.2 Å². The maximum absolute atomic E-state index is 14.3. The van der Waals surface area contributed by atoms with Crippen molar-refractivity contribution in [2.45, 2.75) is 16.8 Å². The standard InChI is InChI=1S/C16H13F3INO2/c1-2-7-23-10-3-4-11(12(17)8-10)14-6-5-13(20)16(22)21(14)9-15(18)19/h1,3-4,6,8,13,15H,5,7,9H2. The summed E-state index contributed by atoms with van der Waals surface area (Å²) in [6, 6.07) is 4.00. The predicted octanol–water partition coefficient (Wildman–Crippen LogP) is 3.48. The van der Waals surface area contributed by atoms with Crippen LogP contribution >= 0.6 is 22.6 Å². The number of amides is 1. The normalized spacial score (nSPS) is 17.9. The second-order valence-corrected chi connectivity index (χ2v) is 6.27. The van der Waals surface area contributed by atoms with Crippen LogP contribution in [0.4, 0.5) is 13.2 Å². The van der Waals surface area contributed by atoms with E-state index in [1.165, 1.54) is 12.1 Å². The number of carbonyl (C=O) groups excluding carboxylic acids is 1. The Morgan fingerprint density at radius 1 is 1.48 bits per heavy atom. The van der Waals surface area contributed by atoms with Crippen LogP contribution in [-0.4, -0.2) is 34.3 Å². The first-order chi connectivity index (χ1) is 10.9. The number of benzene rings is 1. The number of terminal acetylenes is 1. The molecule has 0 spiro atoms. The van der Waals surface area contributed by atoms with Crippen LogP contribution < -0.4 is 4.74 Å². The van der Waals surface area contributed by atoms with Gasteiger partial charge < -0.3 is 9.64 Å². The molecule has 1 unspecified atom stereocenters. The van der Waals surface area contributed by atoms with E-state index in [2.05, 4.69) is 5.92 Å². The molecule has 1 aromatic carbocycles. The van der Waals surface area contributed by atoms with Crippen LogP contribution in [-0.2, 0) is 4.79 Å². The average Bonchev–Trinajstić information content (AvgIpc) is 2.50. The van der Waals surface area contributed by atoms with E-state index in [0.717, 1.165) is 11.0 Å². The molecule has 1 heterocycles. The lowest BCUT2D eigenvalue weighted by Gasteiger charge is -2.31. The van der Waals surface area contributed by atoms with Crippen LogP contribution in [0, 0.1) is 18.2 Å². The summed E-state index contributed by atoms with van der Waals surface area (Å²) in [4.78, 5) is 13.1. The zero-order valence-electron chi connectivity index (χ0n) is 11.9. The molecule has 1 amide bonds. The van der Waals surface area contributed by atoms with Gasteiger partial charge in [0.2, 0.25) is 5.91 Å². The molecule has 122 valence electrons. The van der Waals surface area contributed by atoms with E-state index < -0.39 is 28.6 Å². The van der Waals surface area contributed by atoms with Gasteiger partial charge in [0.15, 0.2) is 0 Å².